The fraction of sp³-hybridized carbons (Fsp3) is 0.852. The number of nitrogens with zero attached hydrogens (tertiary/aromatic N) is 12. The Kier molecular flexibility index (Phi) is 41.2. The first-order valence-corrected chi connectivity index (χ1v) is 44.5. The van der Waals surface area contributed by atoms with Crippen molar-refractivity contribution >= 4 is 162 Å². The second-order valence-corrected chi connectivity index (χ2v) is 39.9. The molecule has 6 rings (SSSR count). The van der Waals surface area contributed by atoms with Crippen LogP contribution >= 0.6 is 97.7 Å². The lowest BCUT2D eigenvalue weighted by Gasteiger charge is -2.32. The predicted molar refractivity (Wildman–Crippen MR) is 481 cm³/mol. The van der Waals surface area contributed by atoms with Gasteiger partial charge < -0.3 is 69.8 Å². The van der Waals surface area contributed by atoms with E-state index in [9.17, 15) is 49.8 Å². The van der Waals surface area contributed by atoms with Gasteiger partial charge in [-0.15, -0.1) is 0 Å². The van der Waals surface area contributed by atoms with Crippen molar-refractivity contribution in [2.45, 2.75) is 296 Å². The van der Waals surface area contributed by atoms with Crippen molar-refractivity contribution < 1.29 is 49.8 Å². The number of rotatable bonds is 48. The first-order valence-electron chi connectivity index (χ1n) is 41.2. The molecule has 0 aromatic rings. The molecule has 0 aromatic carbocycles. The topological polar surface area (TPSA) is 229 Å². The summed E-state index contributed by atoms with van der Waals surface area (Å²) in [7, 11) is 0. The second kappa shape index (κ2) is 45.6. The van der Waals surface area contributed by atoms with Gasteiger partial charge in [0, 0.05) is 78.5 Å². The summed E-state index contributed by atoms with van der Waals surface area (Å²) in [4.78, 5) is 75.4. The number of urea groups is 2. The van der Waals surface area contributed by atoms with E-state index in [1.54, 1.807) is 29.4 Å². The molecule has 0 saturated carbocycles. The normalized spacial score (nSPS) is 19.0. The van der Waals surface area contributed by atoms with Crippen LogP contribution in [0.25, 0.3) is 0 Å². The molecule has 0 aliphatic carbocycles. The Balaban J connectivity index is 0.000000351. The van der Waals surface area contributed by atoms with Crippen LogP contribution in [0.15, 0.2) is 0 Å². The number of carbonyl (C=O) groups excluding carboxylic acids is 4. The summed E-state index contributed by atoms with van der Waals surface area (Å²) in [5.41, 5.74) is -0.604. The van der Waals surface area contributed by atoms with Gasteiger partial charge in [-0.05, 0) is 258 Å². The third kappa shape index (κ3) is 32.9. The van der Waals surface area contributed by atoms with E-state index < -0.39 is 24.4 Å². The summed E-state index contributed by atoms with van der Waals surface area (Å²) in [6.07, 6.45) is 12.9. The maximum Gasteiger partial charge on any atom is 0.325 e. The zero-order valence-corrected chi connectivity index (χ0v) is 77.5. The van der Waals surface area contributed by atoms with Crippen molar-refractivity contribution in [2.24, 2.45) is 32.5 Å². The Bertz CT molecular complexity index is 2630. The third-order valence-electron chi connectivity index (χ3n) is 22.7. The van der Waals surface area contributed by atoms with Gasteiger partial charge in [-0.1, -0.05) is 132 Å². The van der Waals surface area contributed by atoms with Crippen molar-refractivity contribution in [3.8, 4) is 0 Å². The fourth-order valence-electron chi connectivity index (χ4n) is 15.0. The van der Waals surface area contributed by atoms with Crippen LogP contribution in [0.1, 0.15) is 259 Å². The highest BCUT2D eigenvalue weighted by Crippen LogP contribution is 2.35. The van der Waals surface area contributed by atoms with Crippen molar-refractivity contribution in [1.29, 1.82) is 0 Å². The average Bonchev–Trinajstić information content (AvgIpc) is 1.72. The lowest BCUT2D eigenvalue weighted by atomic mass is 9.84. The van der Waals surface area contributed by atoms with Crippen LogP contribution in [0.2, 0.25) is 0 Å². The summed E-state index contributed by atoms with van der Waals surface area (Å²) in [6, 6.07) is -0.0353. The number of aliphatic hydroxyl groups is 6. The van der Waals surface area contributed by atoms with E-state index in [2.05, 4.69) is 117 Å². The molecule has 6 aliphatic rings. The van der Waals surface area contributed by atoms with Crippen LogP contribution in [0.5, 0.6) is 0 Å². The molecule has 636 valence electrons. The summed E-state index contributed by atoms with van der Waals surface area (Å²) in [5.74, 6) is 0.102. The highest BCUT2D eigenvalue weighted by atomic mass is 32.1. The van der Waals surface area contributed by atoms with Gasteiger partial charge in [0.2, 0.25) is 11.8 Å². The van der Waals surface area contributed by atoms with E-state index in [0.717, 1.165) is 143 Å². The van der Waals surface area contributed by atoms with Crippen LogP contribution in [0.3, 0.4) is 0 Å². The van der Waals surface area contributed by atoms with Crippen molar-refractivity contribution in [1.82, 2.24) is 58.8 Å². The van der Waals surface area contributed by atoms with Crippen molar-refractivity contribution in [2.75, 3.05) is 118 Å². The Morgan fingerprint density at radius 2 is 0.432 bits per heavy atom. The molecular formula is C81H144N12O10S8. The van der Waals surface area contributed by atoms with E-state index in [0.29, 0.717) is 150 Å². The quantitative estimate of drug-likeness (QED) is 0.0311. The smallest absolute Gasteiger partial charge is 0.325 e. The molecule has 0 bridgehead atoms. The number of carbonyl (C=O) groups is 4. The Labute approximate surface area is 711 Å². The highest BCUT2D eigenvalue weighted by Gasteiger charge is 2.42. The Hall–Kier alpha value is -3.24. The molecule has 6 saturated heterocycles. The number of aliphatic hydroxyl groups excluding tert-OH is 6. The summed E-state index contributed by atoms with van der Waals surface area (Å²) in [5, 5.41) is 66.2. The number of likely N-dealkylation sites (N-methyl/N-ethyl adjacent to an activating group) is 6. The van der Waals surface area contributed by atoms with E-state index in [1.165, 1.54) is 0 Å². The van der Waals surface area contributed by atoms with Gasteiger partial charge in [0.25, 0.3) is 0 Å². The van der Waals surface area contributed by atoms with Gasteiger partial charge in [-0.2, -0.15) is 0 Å². The Morgan fingerprint density at radius 3 is 0.622 bits per heavy atom. The average molecular weight is 1700 g/mol. The molecule has 6 aliphatic heterocycles. The first kappa shape index (κ1) is 100. The molecule has 6 amide bonds. The van der Waals surface area contributed by atoms with Gasteiger partial charge in [0.15, 0.2) is 20.4 Å². The molecule has 30 heteroatoms. The third-order valence-corrected chi connectivity index (χ3v) is 26.0. The summed E-state index contributed by atoms with van der Waals surface area (Å²) < 4.78 is 0. The fourth-order valence-corrected chi connectivity index (χ4v) is 17.8. The number of amides is 6. The van der Waals surface area contributed by atoms with E-state index in [4.69, 9.17) is 97.7 Å². The zero-order valence-electron chi connectivity index (χ0n) is 71.0. The minimum absolute atomic E-state index is 0.00190. The Morgan fingerprint density at radius 1 is 0.261 bits per heavy atom. The monoisotopic (exact) mass is 1700 g/mol. The van der Waals surface area contributed by atoms with Crippen LogP contribution in [0, 0.1) is 32.5 Å². The van der Waals surface area contributed by atoms with Crippen LogP contribution in [-0.2, 0) is 9.59 Å². The van der Waals surface area contributed by atoms with E-state index in [1.807, 2.05) is 37.5 Å². The maximum atomic E-state index is 12.5. The van der Waals surface area contributed by atoms with Gasteiger partial charge >= 0.3 is 12.1 Å². The molecule has 6 fully saturated rings. The first-order chi connectivity index (χ1) is 51.6. The second-order valence-electron chi connectivity index (χ2n) is 36.6. The van der Waals surface area contributed by atoms with Crippen molar-refractivity contribution in [3.63, 3.8) is 0 Å². The summed E-state index contributed by atoms with van der Waals surface area (Å²) in [6.45, 7) is 49.4. The SMILES string of the molecule is CCN1CC(=O)N(CC(C)(C)CCC(O)CCCC(O)CCC(C)(C)CN2C(=O)CN(CC)C2=S)C1=S.CCN1CC(=S)N(CC(C)(C)CCC(O)CCCC(O)CCC(C)(C)CN2C(=O)N(CC)CC2=S)C1=O.CCN1CC(=S)N(CC(C)(C)CCC(O)CCCC(O)CCC(C)(C)CN2C(=S)CN(CC)C2=S)C1=S. The number of thiocarbonyl (C=S) groups is 8. The van der Waals surface area contributed by atoms with Crippen LogP contribution < -0.4 is 0 Å². The molecule has 0 radical (unpaired) electrons. The maximum absolute atomic E-state index is 12.5. The minimum atomic E-state index is -0.431. The molecule has 6 unspecified atom stereocenters. The van der Waals surface area contributed by atoms with E-state index in [-0.39, 0.29) is 68.6 Å². The van der Waals surface area contributed by atoms with Crippen LogP contribution in [0.4, 0.5) is 9.59 Å². The molecular weight excluding hydrogens is 1560 g/mol. The minimum Gasteiger partial charge on any atom is -0.393 e. The molecule has 0 spiro atoms. The van der Waals surface area contributed by atoms with Crippen molar-refractivity contribution in [3.05, 3.63) is 0 Å². The highest BCUT2D eigenvalue weighted by molar-refractivity contribution is 7.82. The predicted octanol–water partition coefficient (Wildman–Crippen LogP) is 13.0. The molecule has 6 atom stereocenters. The van der Waals surface area contributed by atoms with Gasteiger partial charge in [0.1, 0.15) is 20.0 Å². The standard InChI is InChI=1S/2C27H48N4O4S2.C27H48N4O2S4/c1-7-28-16-22(36)30(24(28)34)18-26(3,4)14-12-20(32)10-9-11-21(33)13-15-27(5,6)19-31-23(37)17-29(8-2)25(31)35;2*1-7-28-16-22(34)30(24(28)36)18-26(3,4)14-12-20(32)10-9-11-21(33)13-15-27(5,6)19-31-23(35)17-29(8-2)25(31)37/h3*20-21,32-33H,7-19H2,1-6H3. The van der Waals surface area contributed by atoms with E-state index >= 15 is 0 Å². The zero-order chi connectivity index (χ0) is 83.9. The number of hydrogen-bond donors (Lipinski definition) is 6. The molecule has 22 nitrogen and oxygen atoms in total. The molecule has 111 heavy (non-hydrogen) atoms. The number of hydrogen-bond acceptors (Lipinski definition) is 18. The summed E-state index contributed by atoms with van der Waals surface area (Å²) >= 11 is 44.0. The van der Waals surface area contributed by atoms with Gasteiger partial charge in [-0.3, -0.25) is 29.2 Å². The lowest BCUT2D eigenvalue weighted by molar-refractivity contribution is -0.126. The lowest BCUT2D eigenvalue weighted by Crippen LogP contribution is -2.40. The molecule has 0 aromatic heterocycles. The molecule has 6 N–H and O–H groups in total. The molecule has 6 heterocycles. The van der Waals surface area contributed by atoms with Gasteiger partial charge in [0.05, 0.1) is 75.9 Å². The largest absolute Gasteiger partial charge is 0.393 e. The van der Waals surface area contributed by atoms with Gasteiger partial charge in [-0.25, -0.2) is 9.59 Å². The van der Waals surface area contributed by atoms with Crippen LogP contribution in [-0.4, -0.2) is 308 Å².